The van der Waals surface area contributed by atoms with E-state index < -0.39 is 0 Å². The molecule has 0 saturated heterocycles. The molecule has 0 fully saturated rings. The molecule has 1 aromatic heterocycles. The Labute approximate surface area is 77.4 Å². The van der Waals surface area contributed by atoms with Crippen molar-refractivity contribution in [3.05, 3.63) is 36.2 Å². The molecule has 0 bridgehead atoms. The van der Waals surface area contributed by atoms with E-state index in [0.717, 1.165) is 17.5 Å². The van der Waals surface area contributed by atoms with E-state index >= 15 is 0 Å². The van der Waals surface area contributed by atoms with Crippen LogP contribution in [0.25, 0.3) is 10.8 Å². The Kier molecular flexibility index (Phi) is 1.89. The van der Waals surface area contributed by atoms with Gasteiger partial charge >= 0.3 is 0 Å². The van der Waals surface area contributed by atoms with Gasteiger partial charge in [-0.25, -0.2) is 0 Å². The van der Waals surface area contributed by atoms with Gasteiger partial charge in [0.1, 0.15) is 0 Å². The first-order valence-electron chi connectivity index (χ1n) is 4.44. The quantitative estimate of drug-likeness (QED) is 0.671. The van der Waals surface area contributed by atoms with Crippen molar-refractivity contribution in [1.82, 2.24) is 4.98 Å². The summed E-state index contributed by atoms with van der Waals surface area (Å²) < 4.78 is 0. The minimum atomic E-state index is 0.806. The van der Waals surface area contributed by atoms with Gasteiger partial charge in [0.15, 0.2) is 0 Å². The Hall–Kier alpha value is -1.57. The summed E-state index contributed by atoms with van der Waals surface area (Å²) in [6, 6.07) is 6.05. The minimum Gasteiger partial charge on any atom is -0.398 e. The maximum absolute atomic E-state index is 5.84. The molecule has 2 nitrogen and oxygen atoms in total. The van der Waals surface area contributed by atoms with Gasteiger partial charge in [-0.05, 0) is 29.5 Å². The summed E-state index contributed by atoms with van der Waals surface area (Å²) in [5, 5.41) is 2.28. The van der Waals surface area contributed by atoms with Gasteiger partial charge in [-0.15, -0.1) is 0 Å². The van der Waals surface area contributed by atoms with E-state index in [1.165, 1.54) is 10.9 Å². The van der Waals surface area contributed by atoms with E-state index in [-0.39, 0.29) is 0 Å². The van der Waals surface area contributed by atoms with Gasteiger partial charge in [0.2, 0.25) is 0 Å². The number of nitrogen functional groups attached to an aromatic ring is 1. The molecule has 0 aliphatic rings. The molecule has 0 amide bonds. The first kappa shape index (κ1) is 8.05. The maximum atomic E-state index is 5.84. The maximum Gasteiger partial charge on any atom is 0.0409 e. The van der Waals surface area contributed by atoms with Crippen LogP contribution in [0.5, 0.6) is 0 Å². The summed E-state index contributed by atoms with van der Waals surface area (Å²) in [7, 11) is 0. The second-order valence-electron chi connectivity index (χ2n) is 3.09. The Bertz CT molecular complexity index is 435. The zero-order valence-electron chi connectivity index (χ0n) is 7.62. The lowest BCUT2D eigenvalue weighted by Gasteiger charge is -2.05. The standard InChI is InChI=1S/C11H12N2/c1-2-8-3-4-11(12)10-7-13-6-5-9(8)10/h3-7H,2,12H2,1H3. The van der Waals surface area contributed by atoms with Crippen LogP contribution in [0, 0.1) is 0 Å². The van der Waals surface area contributed by atoms with Crippen molar-refractivity contribution in [2.45, 2.75) is 13.3 Å². The highest BCUT2D eigenvalue weighted by atomic mass is 14.6. The van der Waals surface area contributed by atoms with Crippen molar-refractivity contribution >= 4 is 16.5 Å². The Morgan fingerprint density at radius 1 is 1.23 bits per heavy atom. The summed E-state index contributed by atoms with van der Waals surface area (Å²) >= 11 is 0. The molecule has 1 heterocycles. The highest BCUT2D eigenvalue weighted by Gasteiger charge is 2.01. The van der Waals surface area contributed by atoms with E-state index in [0.29, 0.717) is 0 Å². The number of pyridine rings is 1. The molecule has 2 heteroatoms. The van der Waals surface area contributed by atoms with Crippen molar-refractivity contribution in [2.75, 3.05) is 5.73 Å². The molecule has 0 unspecified atom stereocenters. The third kappa shape index (κ3) is 1.24. The summed E-state index contributed by atoms with van der Waals surface area (Å²) in [4.78, 5) is 4.07. The van der Waals surface area contributed by atoms with Gasteiger partial charge in [-0.3, -0.25) is 4.98 Å². The number of aromatic nitrogens is 1. The monoisotopic (exact) mass is 172 g/mol. The van der Waals surface area contributed by atoms with Crippen LogP contribution < -0.4 is 5.73 Å². The fraction of sp³-hybridized carbons (Fsp3) is 0.182. The SMILES string of the molecule is CCc1ccc(N)c2cnccc12. The van der Waals surface area contributed by atoms with Gasteiger partial charge in [0.05, 0.1) is 0 Å². The van der Waals surface area contributed by atoms with Gasteiger partial charge in [0.25, 0.3) is 0 Å². The molecule has 66 valence electrons. The molecule has 0 saturated carbocycles. The lowest BCUT2D eigenvalue weighted by atomic mass is 10.0. The van der Waals surface area contributed by atoms with Crippen LogP contribution in [-0.4, -0.2) is 4.98 Å². The summed E-state index contributed by atoms with van der Waals surface area (Å²) in [5.41, 5.74) is 7.97. The van der Waals surface area contributed by atoms with E-state index in [1.54, 1.807) is 6.20 Å². The second-order valence-corrected chi connectivity index (χ2v) is 3.09. The van der Waals surface area contributed by atoms with Gasteiger partial charge in [-0.2, -0.15) is 0 Å². The summed E-state index contributed by atoms with van der Waals surface area (Å²) in [5.74, 6) is 0. The minimum absolute atomic E-state index is 0.806. The third-order valence-electron chi connectivity index (χ3n) is 2.32. The molecule has 2 rings (SSSR count). The molecule has 13 heavy (non-hydrogen) atoms. The summed E-state index contributed by atoms with van der Waals surface area (Å²) in [6.07, 6.45) is 4.66. The van der Waals surface area contributed by atoms with Gasteiger partial charge in [-0.1, -0.05) is 13.0 Å². The van der Waals surface area contributed by atoms with E-state index in [4.69, 9.17) is 5.73 Å². The highest BCUT2D eigenvalue weighted by molar-refractivity contribution is 5.94. The van der Waals surface area contributed by atoms with Crippen molar-refractivity contribution in [2.24, 2.45) is 0 Å². The Morgan fingerprint density at radius 3 is 2.85 bits per heavy atom. The van der Waals surface area contributed by atoms with E-state index in [1.807, 2.05) is 18.3 Å². The Morgan fingerprint density at radius 2 is 2.08 bits per heavy atom. The number of nitrogens with zero attached hydrogens (tertiary/aromatic N) is 1. The first-order chi connectivity index (χ1) is 6.33. The molecular formula is C11H12N2. The van der Waals surface area contributed by atoms with Gasteiger partial charge < -0.3 is 5.73 Å². The van der Waals surface area contributed by atoms with Gasteiger partial charge in [0, 0.05) is 23.5 Å². The fourth-order valence-corrected chi connectivity index (χ4v) is 1.58. The van der Waals surface area contributed by atoms with Crippen LogP contribution in [0.2, 0.25) is 0 Å². The highest BCUT2D eigenvalue weighted by Crippen LogP contribution is 2.23. The van der Waals surface area contributed by atoms with Crippen LogP contribution in [0.4, 0.5) is 5.69 Å². The largest absolute Gasteiger partial charge is 0.398 e. The van der Waals surface area contributed by atoms with Crippen LogP contribution in [-0.2, 0) is 6.42 Å². The predicted molar refractivity (Wildman–Crippen MR) is 55.5 cm³/mol. The topological polar surface area (TPSA) is 38.9 Å². The fourth-order valence-electron chi connectivity index (χ4n) is 1.58. The lowest BCUT2D eigenvalue weighted by molar-refractivity contribution is 1.16. The zero-order valence-corrected chi connectivity index (χ0v) is 7.62. The molecule has 0 aliphatic heterocycles. The number of rotatable bonds is 1. The zero-order chi connectivity index (χ0) is 9.26. The van der Waals surface area contributed by atoms with Crippen molar-refractivity contribution in [3.63, 3.8) is 0 Å². The average Bonchev–Trinajstić information content (AvgIpc) is 2.19. The molecular weight excluding hydrogens is 160 g/mol. The number of benzene rings is 1. The van der Waals surface area contributed by atoms with E-state index in [2.05, 4.69) is 18.0 Å². The first-order valence-corrected chi connectivity index (χ1v) is 4.44. The third-order valence-corrected chi connectivity index (χ3v) is 2.32. The number of fused-ring (bicyclic) bond motifs is 1. The van der Waals surface area contributed by atoms with Crippen LogP contribution in [0.3, 0.4) is 0 Å². The number of hydrogen-bond donors (Lipinski definition) is 1. The molecule has 0 aliphatic carbocycles. The van der Waals surface area contributed by atoms with Crippen LogP contribution in [0.1, 0.15) is 12.5 Å². The number of hydrogen-bond acceptors (Lipinski definition) is 2. The van der Waals surface area contributed by atoms with Crippen molar-refractivity contribution in [3.8, 4) is 0 Å². The summed E-state index contributed by atoms with van der Waals surface area (Å²) in [6.45, 7) is 2.14. The molecule has 2 N–H and O–H groups in total. The Balaban J connectivity index is 2.84. The smallest absolute Gasteiger partial charge is 0.0409 e. The number of aryl methyl sites for hydroxylation is 1. The average molecular weight is 172 g/mol. The molecule has 0 radical (unpaired) electrons. The van der Waals surface area contributed by atoms with Crippen LogP contribution in [0.15, 0.2) is 30.6 Å². The molecule has 0 atom stereocenters. The van der Waals surface area contributed by atoms with Crippen molar-refractivity contribution < 1.29 is 0 Å². The normalized spacial score (nSPS) is 10.5. The van der Waals surface area contributed by atoms with E-state index in [9.17, 15) is 0 Å². The predicted octanol–water partition coefficient (Wildman–Crippen LogP) is 2.38. The molecule has 0 spiro atoms. The number of anilines is 1. The molecule has 2 aromatic rings. The second kappa shape index (κ2) is 3.05. The van der Waals surface area contributed by atoms with Crippen molar-refractivity contribution in [1.29, 1.82) is 0 Å². The number of nitrogens with two attached hydrogens (primary N) is 1. The molecule has 1 aromatic carbocycles. The van der Waals surface area contributed by atoms with Crippen LogP contribution >= 0.6 is 0 Å². The lowest BCUT2D eigenvalue weighted by Crippen LogP contribution is -1.91.